The molecule has 0 aliphatic carbocycles. The lowest BCUT2D eigenvalue weighted by molar-refractivity contribution is 0.873. The van der Waals surface area contributed by atoms with Crippen molar-refractivity contribution in [2.75, 3.05) is 5.32 Å². The third kappa shape index (κ3) is 3.98. The van der Waals surface area contributed by atoms with Gasteiger partial charge in [-0.05, 0) is 36.8 Å². The molecule has 0 bridgehead atoms. The first kappa shape index (κ1) is 16.8. The molecule has 1 unspecified atom stereocenters. The van der Waals surface area contributed by atoms with Crippen molar-refractivity contribution in [1.82, 2.24) is 19.9 Å². The molecule has 4 aromatic rings. The quantitative estimate of drug-likeness (QED) is 0.560. The minimum atomic E-state index is 0.119. The molecule has 0 amide bonds. The van der Waals surface area contributed by atoms with E-state index in [4.69, 9.17) is 9.97 Å². The van der Waals surface area contributed by atoms with Crippen molar-refractivity contribution in [1.29, 1.82) is 0 Å². The van der Waals surface area contributed by atoms with Crippen LogP contribution in [-0.4, -0.2) is 19.9 Å². The largest absolute Gasteiger partial charge is 0.363 e. The van der Waals surface area contributed by atoms with Crippen molar-refractivity contribution in [2.24, 2.45) is 0 Å². The van der Waals surface area contributed by atoms with Crippen molar-refractivity contribution in [2.45, 2.75) is 13.0 Å². The zero-order valence-corrected chi connectivity index (χ0v) is 14.9. The van der Waals surface area contributed by atoms with Gasteiger partial charge in [-0.3, -0.25) is 9.97 Å². The molecule has 3 heterocycles. The molecule has 3 aromatic heterocycles. The van der Waals surface area contributed by atoms with Crippen molar-refractivity contribution < 1.29 is 0 Å². The smallest absolute Gasteiger partial charge is 0.162 e. The van der Waals surface area contributed by atoms with Gasteiger partial charge in [0.1, 0.15) is 5.82 Å². The van der Waals surface area contributed by atoms with Gasteiger partial charge in [0.2, 0.25) is 0 Å². The summed E-state index contributed by atoms with van der Waals surface area (Å²) in [5.74, 6) is 1.42. The van der Waals surface area contributed by atoms with E-state index in [1.165, 1.54) is 5.56 Å². The zero-order chi connectivity index (χ0) is 18.5. The average molecular weight is 353 g/mol. The van der Waals surface area contributed by atoms with Crippen LogP contribution in [0.4, 0.5) is 5.82 Å². The van der Waals surface area contributed by atoms with E-state index in [1.807, 2.05) is 54.7 Å². The van der Waals surface area contributed by atoms with E-state index in [0.29, 0.717) is 5.82 Å². The lowest BCUT2D eigenvalue weighted by Gasteiger charge is -2.16. The number of nitrogens with one attached hydrogen (secondary N) is 1. The average Bonchev–Trinajstić information content (AvgIpc) is 2.75. The molecule has 27 heavy (non-hydrogen) atoms. The minimum absolute atomic E-state index is 0.119. The Balaban J connectivity index is 1.74. The highest BCUT2D eigenvalue weighted by atomic mass is 15.0. The molecule has 5 nitrogen and oxygen atoms in total. The fourth-order valence-corrected chi connectivity index (χ4v) is 2.86. The van der Waals surface area contributed by atoms with Crippen LogP contribution in [0.25, 0.3) is 22.6 Å². The molecule has 1 atom stereocenters. The highest BCUT2D eigenvalue weighted by molar-refractivity contribution is 5.66. The van der Waals surface area contributed by atoms with E-state index in [-0.39, 0.29) is 6.04 Å². The van der Waals surface area contributed by atoms with Gasteiger partial charge in [0.05, 0.1) is 5.69 Å². The van der Waals surface area contributed by atoms with Gasteiger partial charge < -0.3 is 5.32 Å². The summed E-state index contributed by atoms with van der Waals surface area (Å²) in [6, 6.07) is 20.1. The summed E-state index contributed by atoms with van der Waals surface area (Å²) in [6.07, 6.45) is 7.05. The standard InChI is InChI=1S/C22H19N5/c1-16(17-6-3-2-4-7-17)25-21-14-20(19-8-5-11-24-15-19)26-22(27-21)18-9-12-23-13-10-18/h2-16H,1H3,(H,25,26,27). The topological polar surface area (TPSA) is 63.6 Å². The monoisotopic (exact) mass is 353 g/mol. The van der Waals surface area contributed by atoms with Gasteiger partial charge in [-0.1, -0.05) is 30.3 Å². The Bertz CT molecular complexity index is 947. The van der Waals surface area contributed by atoms with Gasteiger partial charge in [-0.2, -0.15) is 0 Å². The molecule has 0 fully saturated rings. The molecule has 0 saturated heterocycles. The van der Waals surface area contributed by atoms with Crippen LogP contribution in [0.3, 0.4) is 0 Å². The van der Waals surface area contributed by atoms with Crippen LogP contribution < -0.4 is 5.32 Å². The Labute approximate surface area is 158 Å². The van der Waals surface area contributed by atoms with E-state index < -0.39 is 0 Å². The Morgan fingerprint density at radius 2 is 1.59 bits per heavy atom. The second-order valence-electron chi connectivity index (χ2n) is 6.22. The van der Waals surface area contributed by atoms with Crippen molar-refractivity contribution in [3.8, 4) is 22.6 Å². The predicted octanol–water partition coefficient (Wildman–Crippen LogP) is 4.77. The van der Waals surface area contributed by atoms with Gasteiger partial charge in [0.15, 0.2) is 5.82 Å². The number of nitrogens with zero attached hydrogens (tertiary/aromatic N) is 4. The molecule has 0 aliphatic heterocycles. The molecule has 4 rings (SSSR count). The maximum absolute atomic E-state index is 4.74. The molecule has 1 N–H and O–H groups in total. The molecule has 0 saturated carbocycles. The number of anilines is 1. The van der Waals surface area contributed by atoms with Crippen LogP contribution in [0.5, 0.6) is 0 Å². The fraction of sp³-hybridized carbons (Fsp3) is 0.0909. The van der Waals surface area contributed by atoms with Gasteiger partial charge in [-0.25, -0.2) is 9.97 Å². The van der Waals surface area contributed by atoms with E-state index in [1.54, 1.807) is 18.6 Å². The van der Waals surface area contributed by atoms with E-state index >= 15 is 0 Å². The third-order valence-corrected chi connectivity index (χ3v) is 4.29. The number of hydrogen-bond acceptors (Lipinski definition) is 5. The number of hydrogen-bond donors (Lipinski definition) is 1. The van der Waals surface area contributed by atoms with Crippen molar-refractivity contribution in [3.63, 3.8) is 0 Å². The van der Waals surface area contributed by atoms with Crippen LogP contribution >= 0.6 is 0 Å². The van der Waals surface area contributed by atoms with Crippen LogP contribution in [0.2, 0.25) is 0 Å². The van der Waals surface area contributed by atoms with Crippen LogP contribution in [0.1, 0.15) is 18.5 Å². The van der Waals surface area contributed by atoms with E-state index in [9.17, 15) is 0 Å². The highest BCUT2D eigenvalue weighted by Crippen LogP contribution is 2.26. The first-order valence-electron chi connectivity index (χ1n) is 8.81. The number of rotatable bonds is 5. The maximum atomic E-state index is 4.74. The Kier molecular flexibility index (Phi) is 4.83. The van der Waals surface area contributed by atoms with E-state index in [2.05, 4.69) is 34.3 Å². The van der Waals surface area contributed by atoms with Crippen LogP contribution in [0, 0.1) is 0 Å². The van der Waals surface area contributed by atoms with Gasteiger partial charge >= 0.3 is 0 Å². The number of aromatic nitrogens is 4. The minimum Gasteiger partial charge on any atom is -0.363 e. The molecule has 1 aromatic carbocycles. The fourth-order valence-electron chi connectivity index (χ4n) is 2.86. The van der Waals surface area contributed by atoms with Crippen LogP contribution in [-0.2, 0) is 0 Å². The summed E-state index contributed by atoms with van der Waals surface area (Å²) < 4.78 is 0. The van der Waals surface area contributed by atoms with E-state index in [0.717, 1.165) is 22.6 Å². The van der Waals surface area contributed by atoms with Crippen molar-refractivity contribution >= 4 is 5.82 Å². The van der Waals surface area contributed by atoms with Crippen LogP contribution in [0.15, 0.2) is 85.5 Å². The normalized spacial score (nSPS) is 11.7. The first-order chi connectivity index (χ1) is 13.3. The zero-order valence-electron chi connectivity index (χ0n) is 14.9. The number of pyridine rings is 2. The molecule has 0 radical (unpaired) electrons. The SMILES string of the molecule is CC(Nc1cc(-c2cccnc2)nc(-c2ccncc2)n1)c1ccccc1. The molecule has 5 heteroatoms. The second-order valence-corrected chi connectivity index (χ2v) is 6.22. The summed E-state index contributed by atoms with van der Waals surface area (Å²) in [5.41, 5.74) is 3.90. The summed E-state index contributed by atoms with van der Waals surface area (Å²) in [5, 5.41) is 3.49. The van der Waals surface area contributed by atoms with Gasteiger partial charge in [-0.15, -0.1) is 0 Å². The van der Waals surface area contributed by atoms with Crippen molar-refractivity contribution in [3.05, 3.63) is 91.0 Å². The Morgan fingerprint density at radius 3 is 2.33 bits per heavy atom. The Morgan fingerprint density at radius 1 is 0.778 bits per heavy atom. The Hall–Kier alpha value is -3.60. The molecule has 0 aliphatic rings. The summed E-state index contributed by atoms with van der Waals surface area (Å²) in [7, 11) is 0. The summed E-state index contributed by atoms with van der Waals surface area (Å²) in [6.45, 7) is 2.12. The van der Waals surface area contributed by atoms with Gasteiger partial charge in [0.25, 0.3) is 0 Å². The lowest BCUT2D eigenvalue weighted by Crippen LogP contribution is -2.09. The molecule has 0 spiro atoms. The molecule has 132 valence electrons. The number of benzene rings is 1. The highest BCUT2D eigenvalue weighted by Gasteiger charge is 2.11. The second kappa shape index (κ2) is 7.74. The molecular formula is C22H19N5. The summed E-state index contributed by atoms with van der Waals surface area (Å²) in [4.78, 5) is 17.8. The first-order valence-corrected chi connectivity index (χ1v) is 8.81. The predicted molar refractivity (Wildman–Crippen MR) is 107 cm³/mol. The lowest BCUT2D eigenvalue weighted by atomic mass is 10.1. The van der Waals surface area contributed by atoms with Gasteiger partial charge in [0, 0.05) is 48.0 Å². The maximum Gasteiger partial charge on any atom is 0.162 e. The summed E-state index contributed by atoms with van der Waals surface area (Å²) >= 11 is 0. The molecular weight excluding hydrogens is 334 g/mol. The third-order valence-electron chi connectivity index (χ3n) is 4.29.